The number of ketones is 1. The molecular weight excluding hydrogens is 366 g/mol. The van der Waals surface area contributed by atoms with Gasteiger partial charge < -0.3 is 15.0 Å². The third-order valence-corrected chi connectivity index (χ3v) is 5.03. The normalized spacial score (nSPS) is 16.2. The molecule has 1 amide bonds. The Labute approximate surface area is 171 Å². The number of carbonyl (C=O) groups is 2. The van der Waals surface area contributed by atoms with Gasteiger partial charge in [0.2, 0.25) is 0 Å². The summed E-state index contributed by atoms with van der Waals surface area (Å²) in [7, 11) is 0. The number of carbonyl (C=O) groups excluding carboxylic acids is 2. The van der Waals surface area contributed by atoms with E-state index in [0.29, 0.717) is 23.3 Å². The summed E-state index contributed by atoms with van der Waals surface area (Å²) in [6.07, 6.45) is 1.82. The molecule has 6 heteroatoms. The molecule has 2 aromatic carbocycles. The minimum Gasteiger partial charge on any atom is -0.494 e. The average Bonchev–Trinajstić information content (AvgIpc) is 3.18. The second kappa shape index (κ2) is 9.85. The first-order valence-corrected chi connectivity index (χ1v) is 9.82. The first-order valence-electron chi connectivity index (χ1n) is 9.82. The fraction of sp³-hybridized carbons (Fsp3) is 0.348. The highest BCUT2D eigenvalue weighted by Gasteiger charge is 2.23. The number of Topliss-reactive ketones (excluding diaryl/α,β-unsaturated/α-hetero) is 1. The zero-order valence-corrected chi connectivity index (χ0v) is 16.6. The number of nitriles is 1. The lowest BCUT2D eigenvalue weighted by Gasteiger charge is -2.17. The van der Waals surface area contributed by atoms with E-state index in [1.165, 1.54) is 0 Å². The Morgan fingerprint density at radius 3 is 2.48 bits per heavy atom. The Hall–Kier alpha value is -3.17. The number of nitrogens with zero attached hydrogens (tertiary/aromatic N) is 2. The van der Waals surface area contributed by atoms with Gasteiger partial charge in [-0.15, -0.1) is 0 Å². The summed E-state index contributed by atoms with van der Waals surface area (Å²) in [4.78, 5) is 25.9. The van der Waals surface area contributed by atoms with E-state index in [-0.39, 0.29) is 17.7 Å². The molecule has 29 heavy (non-hydrogen) atoms. The Balaban J connectivity index is 1.35. The van der Waals surface area contributed by atoms with E-state index in [1.807, 2.05) is 12.1 Å². The number of amides is 1. The molecule has 1 N–H and O–H groups in total. The van der Waals surface area contributed by atoms with Crippen LogP contribution >= 0.6 is 0 Å². The number of benzene rings is 2. The summed E-state index contributed by atoms with van der Waals surface area (Å²) in [6, 6.07) is 16.1. The van der Waals surface area contributed by atoms with Crippen molar-refractivity contribution in [3.05, 3.63) is 65.2 Å². The average molecular weight is 391 g/mol. The molecule has 1 saturated heterocycles. The highest BCUT2D eigenvalue weighted by Crippen LogP contribution is 2.14. The van der Waals surface area contributed by atoms with Gasteiger partial charge in [0.1, 0.15) is 5.75 Å². The quantitative estimate of drug-likeness (QED) is 0.552. The number of ether oxygens (including phenoxy) is 1. The molecule has 0 radical (unpaired) electrons. The minimum absolute atomic E-state index is 0.0476. The predicted molar refractivity (Wildman–Crippen MR) is 110 cm³/mol. The molecule has 1 aliphatic heterocycles. The van der Waals surface area contributed by atoms with Gasteiger partial charge in [-0.2, -0.15) is 5.26 Å². The van der Waals surface area contributed by atoms with E-state index in [1.54, 1.807) is 43.3 Å². The maximum Gasteiger partial charge on any atom is 0.251 e. The molecule has 1 fully saturated rings. The molecular formula is C23H25N3O3. The van der Waals surface area contributed by atoms with E-state index in [4.69, 9.17) is 10.00 Å². The molecule has 1 heterocycles. The van der Waals surface area contributed by atoms with Crippen molar-refractivity contribution in [1.82, 2.24) is 10.2 Å². The second-order valence-corrected chi connectivity index (χ2v) is 7.23. The summed E-state index contributed by atoms with van der Waals surface area (Å²) in [5.74, 6) is 0.717. The van der Waals surface area contributed by atoms with Crippen LogP contribution < -0.4 is 10.1 Å². The van der Waals surface area contributed by atoms with Crippen molar-refractivity contribution in [2.75, 3.05) is 26.2 Å². The predicted octanol–water partition coefficient (Wildman–Crippen LogP) is 3.03. The van der Waals surface area contributed by atoms with Gasteiger partial charge in [-0.25, -0.2) is 0 Å². The third-order valence-electron chi connectivity index (χ3n) is 5.03. The number of rotatable bonds is 8. The third kappa shape index (κ3) is 5.90. The first-order chi connectivity index (χ1) is 14.0. The standard InChI is InChI=1S/C23H25N3O3/c1-17(27)19-7-9-22(10-8-19)29-14-2-12-26-13-11-21(16-26)25-23(28)20-5-3-18(15-24)4-6-20/h3-10,21H,2,11-14,16H2,1H3,(H,25,28)/t21-/m0/s1. The largest absolute Gasteiger partial charge is 0.494 e. The molecule has 0 aromatic heterocycles. The SMILES string of the molecule is CC(=O)c1ccc(OCCCN2CC[C@H](NC(=O)c3ccc(C#N)cc3)C2)cc1. The van der Waals surface area contributed by atoms with Crippen LogP contribution in [0.4, 0.5) is 0 Å². The van der Waals surface area contributed by atoms with Gasteiger partial charge in [-0.3, -0.25) is 9.59 Å². The summed E-state index contributed by atoms with van der Waals surface area (Å²) >= 11 is 0. The van der Waals surface area contributed by atoms with Gasteiger partial charge in [-0.05, 0) is 68.3 Å². The molecule has 0 unspecified atom stereocenters. The maximum atomic E-state index is 12.3. The molecule has 2 aromatic rings. The summed E-state index contributed by atoms with van der Waals surface area (Å²) in [5, 5.41) is 11.9. The molecule has 6 nitrogen and oxygen atoms in total. The smallest absolute Gasteiger partial charge is 0.251 e. The number of hydrogen-bond acceptors (Lipinski definition) is 5. The summed E-state index contributed by atoms with van der Waals surface area (Å²) in [6.45, 7) is 4.85. The van der Waals surface area contributed by atoms with Gasteiger partial charge in [0.25, 0.3) is 5.91 Å². The van der Waals surface area contributed by atoms with E-state index < -0.39 is 0 Å². The van der Waals surface area contributed by atoms with Crippen molar-refractivity contribution >= 4 is 11.7 Å². The van der Waals surface area contributed by atoms with Crippen LogP contribution in [0.3, 0.4) is 0 Å². The number of nitrogens with one attached hydrogen (secondary N) is 1. The fourth-order valence-electron chi connectivity index (χ4n) is 3.38. The molecule has 1 aliphatic rings. The Kier molecular flexibility index (Phi) is 6.99. The van der Waals surface area contributed by atoms with Crippen molar-refractivity contribution < 1.29 is 14.3 Å². The van der Waals surface area contributed by atoms with E-state index in [2.05, 4.69) is 16.3 Å². The highest BCUT2D eigenvalue weighted by atomic mass is 16.5. The van der Waals surface area contributed by atoms with Gasteiger partial charge >= 0.3 is 0 Å². The highest BCUT2D eigenvalue weighted by molar-refractivity contribution is 5.94. The van der Waals surface area contributed by atoms with Crippen LogP contribution in [0.25, 0.3) is 0 Å². The van der Waals surface area contributed by atoms with Crippen LogP contribution in [0.1, 0.15) is 46.0 Å². The molecule has 0 aliphatic carbocycles. The minimum atomic E-state index is -0.0984. The fourth-order valence-corrected chi connectivity index (χ4v) is 3.38. The van der Waals surface area contributed by atoms with Gasteiger partial charge in [0.15, 0.2) is 5.78 Å². The van der Waals surface area contributed by atoms with Crippen LogP contribution in [0.15, 0.2) is 48.5 Å². The van der Waals surface area contributed by atoms with Crippen molar-refractivity contribution in [3.8, 4) is 11.8 Å². The monoisotopic (exact) mass is 391 g/mol. The Morgan fingerprint density at radius 1 is 1.14 bits per heavy atom. The maximum absolute atomic E-state index is 12.3. The van der Waals surface area contributed by atoms with Crippen LogP contribution in [0.2, 0.25) is 0 Å². The molecule has 3 rings (SSSR count). The second-order valence-electron chi connectivity index (χ2n) is 7.23. The van der Waals surface area contributed by atoms with E-state index >= 15 is 0 Å². The zero-order chi connectivity index (χ0) is 20.6. The molecule has 1 atom stereocenters. The lowest BCUT2D eigenvalue weighted by Crippen LogP contribution is -2.37. The van der Waals surface area contributed by atoms with Crippen molar-refractivity contribution in [1.29, 1.82) is 5.26 Å². The zero-order valence-electron chi connectivity index (χ0n) is 16.6. The number of hydrogen-bond donors (Lipinski definition) is 1. The van der Waals surface area contributed by atoms with Gasteiger partial charge in [0, 0.05) is 36.8 Å². The molecule has 150 valence electrons. The summed E-state index contributed by atoms with van der Waals surface area (Å²) in [5.41, 5.74) is 1.81. The molecule has 0 spiro atoms. The van der Waals surface area contributed by atoms with Crippen LogP contribution in [0, 0.1) is 11.3 Å². The molecule has 0 bridgehead atoms. The van der Waals surface area contributed by atoms with Crippen molar-refractivity contribution in [2.24, 2.45) is 0 Å². The Bertz CT molecular complexity index is 885. The van der Waals surface area contributed by atoms with E-state index in [0.717, 1.165) is 38.2 Å². The van der Waals surface area contributed by atoms with Crippen LogP contribution in [-0.4, -0.2) is 48.9 Å². The lowest BCUT2D eigenvalue weighted by atomic mass is 10.1. The lowest BCUT2D eigenvalue weighted by molar-refractivity contribution is 0.0936. The van der Waals surface area contributed by atoms with Gasteiger partial charge in [0.05, 0.1) is 18.2 Å². The van der Waals surface area contributed by atoms with Gasteiger partial charge in [-0.1, -0.05) is 0 Å². The summed E-state index contributed by atoms with van der Waals surface area (Å²) < 4.78 is 5.74. The first kappa shape index (κ1) is 20.6. The van der Waals surface area contributed by atoms with Crippen LogP contribution in [0.5, 0.6) is 5.75 Å². The Morgan fingerprint density at radius 2 is 1.83 bits per heavy atom. The van der Waals surface area contributed by atoms with E-state index in [9.17, 15) is 9.59 Å². The van der Waals surface area contributed by atoms with Crippen molar-refractivity contribution in [2.45, 2.75) is 25.8 Å². The van der Waals surface area contributed by atoms with Crippen molar-refractivity contribution in [3.63, 3.8) is 0 Å². The number of likely N-dealkylation sites (tertiary alicyclic amines) is 1. The molecule has 0 saturated carbocycles. The van der Waals surface area contributed by atoms with Crippen LogP contribution in [-0.2, 0) is 0 Å². The topological polar surface area (TPSA) is 82.4 Å².